The summed E-state index contributed by atoms with van der Waals surface area (Å²) in [7, 11) is -0.981. The molecular formula is C16H30Si. The van der Waals surface area contributed by atoms with Crippen molar-refractivity contribution in [3.8, 4) is 0 Å². The van der Waals surface area contributed by atoms with E-state index in [-0.39, 0.29) is 0 Å². The van der Waals surface area contributed by atoms with Gasteiger partial charge in [-0.05, 0) is 24.9 Å². The summed E-state index contributed by atoms with van der Waals surface area (Å²) in [5, 5.41) is 0. The smallest absolute Gasteiger partial charge is 0.0610 e. The maximum absolute atomic E-state index is 2.50. The summed E-state index contributed by atoms with van der Waals surface area (Å²) in [6, 6.07) is 6.04. The van der Waals surface area contributed by atoms with Crippen LogP contribution in [0.1, 0.15) is 52.4 Å². The minimum atomic E-state index is -0.981. The van der Waals surface area contributed by atoms with Gasteiger partial charge in [-0.25, -0.2) is 0 Å². The molecule has 1 aliphatic rings. The second kappa shape index (κ2) is 8.74. The standard InChI is InChI=1S/C16H30Si/c1-3-5-9-13-17(14-10-6-4-2)15-11-7-8-12-16-17/h5-6,9-10H,3-4,7-8,11-16H2,1-2H3. The molecule has 17 heavy (non-hydrogen) atoms. The van der Waals surface area contributed by atoms with Crippen LogP contribution >= 0.6 is 0 Å². The first-order valence-electron chi connectivity index (χ1n) is 7.63. The summed E-state index contributed by atoms with van der Waals surface area (Å²) in [5.41, 5.74) is 0. The van der Waals surface area contributed by atoms with Crippen LogP contribution in [-0.2, 0) is 0 Å². The number of rotatable bonds is 6. The van der Waals surface area contributed by atoms with Crippen LogP contribution in [0, 0.1) is 0 Å². The molecule has 0 aromatic carbocycles. The molecular weight excluding hydrogens is 220 g/mol. The van der Waals surface area contributed by atoms with Crippen molar-refractivity contribution in [2.45, 2.75) is 76.5 Å². The summed E-state index contributed by atoms with van der Waals surface area (Å²) in [5.74, 6) is 0. The topological polar surface area (TPSA) is 0 Å². The van der Waals surface area contributed by atoms with E-state index >= 15 is 0 Å². The Morgan fingerprint density at radius 1 is 0.706 bits per heavy atom. The van der Waals surface area contributed by atoms with E-state index in [1.165, 1.54) is 50.6 Å². The highest BCUT2D eigenvalue weighted by Gasteiger charge is 2.30. The fraction of sp³-hybridized carbons (Fsp3) is 0.750. The van der Waals surface area contributed by atoms with Gasteiger partial charge in [-0.2, -0.15) is 0 Å². The highest BCUT2D eigenvalue weighted by Crippen LogP contribution is 2.34. The van der Waals surface area contributed by atoms with Crippen LogP contribution in [0.5, 0.6) is 0 Å². The van der Waals surface area contributed by atoms with Crippen molar-refractivity contribution in [1.82, 2.24) is 0 Å². The van der Waals surface area contributed by atoms with Crippen molar-refractivity contribution >= 4 is 8.07 Å². The van der Waals surface area contributed by atoms with Gasteiger partial charge in [0.15, 0.2) is 0 Å². The molecule has 0 aromatic heterocycles. The van der Waals surface area contributed by atoms with Crippen LogP contribution in [0.25, 0.3) is 0 Å². The van der Waals surface area contributed by atoms with Crippen LogP contribution < -0.4 is 0 Å². The molecule has 0 atom stereocenters. The van der Waals surface area contributed by atoms with Crippen molar-refractivity contribution in [1.29, 1.82) is 0 Å². The molecule has 1 heteroatoms. The summed E-state index contributed by atoms with van der Waals surface area (Å²) in [6.45, 7) is 4.49. The Morgan fingerprint density at radius 2 is 1.18 bits per heavy atom. The largest absolute Gasteiger partial charge is 0.0912 e. The molecule has 0 N–H and O–H groups in total. The Bertz CT molecular complexity index is 214. The highest BCUT2D eigenvalue weighted by atomic mass is 28.3. The zero-order valence-electron chi connectivity index (χ0n) is 11.9. The zero-order valence-corrected chi connectivity index (χ0v) is 12.9. The molecule has 1 heterocycles. The second-order valence-corrected chi connectivity index (χ2v) is 10.4. The third kappa shape index (κ3) is 5.72. The van der Waals surface area contributed by atoms with E-state index in [9.17, 15) is 0 Å². The van der Waals surface area contributed by atoms with E-state index in [1.807, 2.05) is 0 Å². The van der Waals surface area contributed by atoms with E-state index in [0.29, 0.717) is 0 Å². The van der Waals surface area contributed by atoms with Gasteiger partial charge in [0.25, 0.3) is 0 Å². The molecule has 98 valence electrons. The van der Waals surface area contributed by atoms with E-state index in [2.05, 4.69) is 38.2 Å². The van der Waals surface area contributed by atoms with Gasteiger partial charge in [-0.15, -0.1) is 0 Å². The first-order chi connectivity index (χ1) is 8.33. The molecule has 0 bridgehead atoms. The third-order valence-corrected chi connectivity index (χ3v) is 9.10. The van der Waals surface area contributed by atoms with E-state index < -0.39 is 8.07 Å². The Hall–Kier alpha value is -0.303. The Labute approximate surface area is 109 Å². The molecule has 1 fully saturated rings. The molecule has 0 radical (unpaired) electrons. The van der Waals surface area contributed by atoms with E-state index in [4.69, 9.17) is 0 Å². The van der Waals surface area contributed by atoms with E-state index in [0.717, 1.165) is 0 Å². The molecule has 0 unspecified atom stereocenters. The Kier molecular flexibility index (Phi) is 7.59. The van der Waals surface area contributed by atoms with Gasteiger partial charge in [0, 0.05) is 0 Å². The lowest BCUT2D eigenvalue weighted by Crippen LogP contribution is -2.31. The van der Waals surface area contributed by atoms with Gasteiger partial charge in [-0.1, -0.05) is 75.9 Å². The minimum Gasteiger partial charge on any atom is -0.0912 e. The van der Waals surface area contributed by atoms with Crippen molar-refractivity contribution in [3.63, 3.8) is 0 Å². The van der Waals surface area contributed by atoms with Crippen LogP contribution in [0.3, 0.4) is 0 Å². The predicted octanol–water partition coefficient (Wildman–Crippen LogP) is 5.94. The zero-order chi connectivity index (χ0) is 12.4. The monoisotopic (exact) mass is 250 g/mol. The van der Waals surface area contributed by atoms with Crippen LogP contribution in [0.4, 0.5) is 0 Å². The lowest BCUT2D eigenvalue weighted by molar-refractivity contribution is 0.720. The highest BCUT2D eigenvalue weighted by molar-refractivity contribution is 6.80. The number of hydrogen-bond acceptors (Lipinski definition) is 0. The third-order valence-electron chi connectivity index (χ3n) is 4.07. The molecule has 0 nitrogen and oxygen atoms in total. The normalized spacial score (nSPS) is 21.1. The Morgan fingerprint density at radius 3 is 1.59 bits per heavy atom. The molecule has 0 spiro atoms. The predicted molar refractivity (Wildman–Crippen MR) is 82.3 cm³/mol. The Balaban J connectivity index is 2.59. The summed E-state index contributed by atoms with van der Waals surface area (Å²) >= 11 is 0. The molecule has 1 aliphatic heterocycles. The van der Waals surface area contributed by atoms with Crippen LogP contribution in [0.15, 0.2) is 24.3 Å². The number of allylic oxidation sites excluding steroid dienone is 4. The molecule has 0 aromatic rings. The van der Waals surface area contributed by atoms with Gasteiger partial charge in [0.05, 0.1) is 8.07 Å². The van der Waals surface area contributed by atoms with Gasteiger partial charge in [0.1, 0.15) is 0 Å². The van der Waals surface area contributed by atoms with Crippen LogP contribution in [-0.4, -0.2) is 8.07 Å². The van der Waals surface area contributed by atoms with Gasteiger partial charge in [0.2, 0.25) is 0 Å². The van der Waals surface area contributed by atoms with E-state index in [1.54, 1.807) is 12.1 Å². The van der Waals surface area contributed by atoms with Crippen molar-refractivity contribution in [2.24, 2.45) is 0 Å². The van der Waals surface area contributed by atoms with Crippen molar-refractivity contribution in [3.05, 3.63) is 24.3 Å². The summed E-state index contributed by atoms with van der Waals surface area (Å²) < 4.78 is 0. The van der Waals surface area contributed by atoms with Gasteiger partial charge >= 0.3 is 0 Å². The maximum atomic E-state index is 2.50. The average molecular weight is 251 g/mol. The lowest BCUT2D eigenvalue weighted by atomic mass is 10.2. The average Bonchev–Trinajstić information content (AvgIpc) is 2.56. The molecule has 0 saturated carbocycles. The summed E-state index contributed by atoms with van der Waals surface area (Å²) in [4.78, 5) is 0. The fourth-order valence-electron chi connectivity index (χ4n) is 2.97. The maximum Gasteiger partial charge on any atom is 0.0610 e. The molecule has 0 aliphatic carbocycles. The minimum absolute atomic E-state index is 0.981. The SMILES string of the molecule is CCC=CC[Si]1(CC=CCC)CCCCCC1. The molecule has 0 amide bonds. The van der Waals surface area contributed by atoms with Gasteiger partial charge in [-0.3, -0.25) is 0 Å². The van der Waals surface area contributed by atoms with Crippen molar-refractivity contribution in [2.75, 3.05) is 0 Å². The van der Waals surface area contributed by atoms with Crippen molar-refractivity contribution < 1.29 is 0 Å². The quantitative estimate of drug-likeness (QED) is 0.404. The first-order valence-corrected chi connectivity index (χ1v) is 10.5. The number of hydrogen-bond donors (Lipinski definition) is 0. The molecule has 1 rings (SSSR count). The molecule has 1 saturated heterocycles. The fourth-order valence-corrected chi connectivity index (χ4v) is 7.54. The lowest BCUT2D eigenvalue weighted by Gasteiger charge is -2.28. The summed E-state index contributed by atoms with van der Waals surface area (Å²) in [6.07, 6.45) is 18.2. The van der Waals surface area contributed by atoms with Crippen LogP contribution in [0.2, 0.25) is 24.2 Å². The second-order valence-electron chi connectivity index (χ2n) is 5.58. The van der Waals surface area contributed by atoms with Gasteiger partial charge < -0.3 is 0 Å². The first kappa shape index (κ1) is 14.8.